The maximum absolute atomic E-state index is 11.2. The summed E-state index contributed by atoms with van der Waals surface area (Å²) < 4.78 is 91.0. The van der Waals surface area contributed by atoms with Gasteiger partial charge in [-0.3, -0.25) is 9.59 Å². The van der Waals surface area contributed by atoms with Crippen molar-refractivity contribution in [3.8, 4) is 0 Å². The molecule has 0 unspecified atom stereocenters. The Balaban J connectivity index is 6.90. The summed E-state index contributed by atoms with van der Waals surface area (Å²) in [4.78, 5) is 22.4. The van der Waals surface area contributed by atoms with Crippen molar-refractivity contribution in [2.75, 3.05) is 27.5 Å². The van der Waals surface area contributed by atoms with Gasteiger partial charge in [0.15, 0.2) is 6.08 Å². The largest absolute Gasteiger partial charge is 0.481 e. The van der Waals surface area contributed by atoms with Crippen LogP contribution in [0.1, 0.15) is 29.7 Å². The second kappa shape index (κ2) is 4.95. The molecule has 14 heavy (non-hydrogen) atoms. The third-order valence-electron chi connectivity index (χ3n) is 0.894. The molecule has 0 heterocycles. The van der Waals surface area contributed by atoms with E-state index < -0.39 is 56.3 Å². The van der Waals surface area contributed by atoms with Gasteiger partial charge in [0.25, 0.3) is 0 Å². The van der Waals surface area contributed by atoms with E-state index in [1.807, 2.05) is 0 Å². The number of likely N-dealkylation sites (N-methyl/N-ethyl adjacent to an activating group) is 1. The summed E-state index contributed by atoms with van der Waals surface area (Å²) in [5.74, 6) is -3.82. The lowest BCUT2D eigenvalue weighted by Crippen LogP contribution is -2.43. The number of hydrogen-bond acceptors (Lipinski definition) is 3. The average Bonchev–Trinajstić information content (AvgIpc) is 2.29. The second-order valence-corrected chi connectivity index (χ2v) is 2.41. The zero-order chi connectivity index (χ0) is 21.6. The van der Waals surface area contributed by atoms with E-state index in [0.717, 1.165) is 0 Å². The number of quaternary nitrogens is 1. The normalized spacial score (nSPS) is 32.1. The van der Waals surface area contributed by atoms with Gasteiger partial charge in [-0.2, -0.15) is 0 Å². The molecule has 1 atom stereocenters. The van der Waals surface area contributed by atoms with Crippen LogP contribution < -0.4 is 0 Å². The van der Waals surface area contributed by atoms with Crippen LogP contribution in [-0.2, 0) is 14.3 Å². The van der Waals surface area contributed by atoms with Crippen LogP contribution in [0.15, 0.2) is 0 Å². The minimum atomic E-state index is -3.88. The molecule has 0 aliphatic rings. The topological polar surface area (TPSA) is 63.6 Å². The summed E-state index contributed by atoms with van der Waals surface area (Å²) in [6.45, 7) is -13.0. The summed E-state index contributed by atoms with van der Waals surface area (Å²) in [6, 6.07) is 0. The number of carboxylic acid groups (broad SMARTS) is 1. The highest BCUT2D eigenvalue weighted by atomic mass is 16.5. The number of hydrogen-bond donors (Lipinski definition) is 1. The number of esters is 1. The van der Waals surface area contributed by atoms with Crippen LogP contribution in [0.25, 0.3) is 0 Å². The van der Waals surface area contributed by atoms with Crippen molar-refractivity contribution in [2.24, 2.45) is 0 Å². The number of carbonyl (C=O) groups excluding carboxylic acids is 1. The van der Waals surface area contributed by atoms with Crippen LogP contribution in [0, 0.1) is 0 Å². The molecule has 0 aromatic rings. The lowest BCUT2D eigenvalue weighted by molar-refractivity contribution is -0.873. The molecule has 82 valence electrons. The molecule has 0 radical (unpaired) electrons. The van der Waals surface area contributed by atoms with Gasteiger partial charge in [0.1, 0.15) is 6.54 Å². The monoisotopic (exact) mass is 216 g/mol. The molecule has 0 aliphatic carbocycles. The van der Waals surface area contributed by atoms with E-state index in [1.165, 1.54) is 0 Å². The number of rotatable bonds is 5. The van der Waals surface area contributed by atoms with E-state index >= 15 is 0 Å². The molecule has 0 aromatic heterocycles. The third-order valence-corrected chi connectivity index (χ3v) is 0.894. The van der Waals surface area contributed by atoms with E-state index in [1.54, 1.807) is 0 Å². The fourth-order valence-electron chi connectivity index (χ4n) is 0.605. The first-order valence-electron chi connectivity index (χ1n) is 9.38. The van der Waals surface area contributed by atoms with E-state index in [4.69, 9.17) is 21.6 Å². The molecule has 0 spiro atoms. The highest BCUT2D eigenvalue weighted by molar-refractivity contribution is 5.69. The summed E-state index contributed by atoms with van der Waals surface area (Å²) >= 11 is 0. The molecule has 5 nitrogen and oxygen atoms in total. The molecule has 0 bridgehead atoms. The Kier molecular flexibility index (Phi) is 1.13. The van der Waals surface area contributed by atoms with Crippen LogP contribution >= 0.6 is 0 Å². The summed E-state index contributed by atoms with van der Waals surface area (Å²) in [5.41, 5.74) is 0. The van der Waals surface area contributed by atoms with Crippen molar-refractivity contribution < 1.29 is 40.4 Å². The van der Waals surface area contributed by atoms with E-state index in [2.05, 4.69) is 4.74 Å². The number of aliphatic carboxylic acids is 1. The maximum Gasteiger partial charge on any atom is 0.307 e. The van der Waals surface area contributed by atoms with Gasteiger partial charge >= 0.3 is 11.9 Å². The first-order valence-corrected chi connectivity index (χ1v) is 3.38. The van der Waals surface area contributed by atoms with Crippen molar-refractivity contribution in [2.45, 2.75) is 19.4 Å². The maximum atomic E-state index is 11.2. The average molecular weight is 216 g/mol. The minimum absolute atomic E-state index is 0.635. The van der Waals surface area contributed by atoms with Gasteiger partial charge in [0.05, 0.1) is 41.0 Å². The van der Waals surface area contributed by atoms with Crippen molar-refractivity contribution in [3.63, 3.8) is 0 Å². The van der Waals surface area contributed by atoms with Crippen LogP contribution in [0.4, 0.5) is 0 Å². The van der Waals surface area contributed by atoms with E-state index in [9.17, 15) is 9.59 Å². The number of carboxylic acids is 1. The first kappa shape index (κ1) is 3.20. The summed E-state index contributed by atoms with van der Waals surface area (Å²) in [7, 11) is 0. The molecule has 0 aliphatic heterocycles. The molecule has 5 heteroatoms. The predicted octanol–water partition coefficient (Wildman–Crippen LogP) is 0.0990. The molecular weight excluding hydrogens is 186 g/mol. The SMILES string of the molecule is [2H]C([2H])(C(=O)O)[C@@]([2H])(C[N+](C([2H])([2H])[2H])(C([2H])([2H])[2H])C([2H])([2H])[2H])OC(C)=O. The number of nitrogens with zero attached hydrogens (tertiary/aromatic N) is 1. The second-order valence-electron chi connectivity index (χ2n) is 2.41. The van der Waals surface area contributed by atoms with Crippen molar-refractivity contribution in [1.82, 2.24) is 0 Å². The Morgan fingerprint density at radius 1 is 1.64 bits per heavy atom. The fraction of sp³-hybridized carbons (Fsp3) is 0.778. The lowest BCUT2D eigenvalue weighted by Gasteiger charge is -2.28. The first-order chi connectivity index (χ1) is 11.1. The van der Waals surface area contributed by atoms with Gasteiger partial charge < -0.3 is 14.3 Å². The van der Waals surface area contributed by atoms with Gasteiger partial charge in [-0.25, -0.2) is 0 Å². The van der Waals surface area contributed by atoms with Crippen molar-refractivity contribution >= 4 is 11.9 Å². The van der Waals surface area contributed by atoms with Gasteiger partial charge in [0, 0.05) is 9.67 Å². The molecule has 0 rings (SSSR count). The number of ether oxygens (including phenoxy) is 1. The fourth-order valence-corrected chi connectivity index (χ4v) is 0.605. The highest BCUT2D eigenvalue weighted by Crippen LogP contribution is 2.04. The predicted molar refractivity (Wildman–Crippen MR) is 50.7 cm³/mol. The highest BCUT2D eigenvalue weighted by Gasteiger charge is 2.23. The van der Waals surface area contributed by atoms with Gasteiger partial charge in [-0.05, 0) is 0 Å². The minimum Gasteiger partial charge on any atom is -0.481 e. The molecule has 0 amide bonds. The van der Waals surface area contributed by atoms with Crippen LogP contribution in [0.2, 0.25) is 0 Å². The van der Waals surface area contributed by atoms with Crippen molar-refractivity contribution in [3.05, 3.63) is 0 Å². The van der Waals surface area contributed by atoms with E-state index in [0.29, 0.717) is 6.92 Å². The van der Waals surface area contributed by atoms with E-state index in [-0.39, 0.29) is 0 Å². The molecule has 0 saturated carbocycles. The zero-order valence-electron chi connectivity index (χ0n) is 19.3. The van der Waals surface area contributed by atoms with Gasteiger partial charge in [0.2, 0.25) is 0 Å². The lowest BCUT2D eigenvalue weighted by atomic mass is 10.2. The smallest absolute Gasteiger partial charge is 0.307 e. The van der Waals surface area contributed by atoms with Crippen molar-refractivity contribution in [1.29, 1.82) is 0 Å². The number of carbonyl (C=O) groups is 2. The Morgan fingerprint density at radius 3 is 2.57 bits per heavy atom. The van der Waals surface area contributed by atoms with Crippen LogP contribution in [0.3, 0.4) is 0 Å². The van der Waals surface area contributed by atoms with Crippen LogP contribution in [0.5, 0.6) is 0 Å². The third kappa shape index (κ3) is 7.54. The van der Waals surface area contributed by atoms with Gasteiger partial charge in [-0.1, -0.05) is 0 Å². The molecule has 1 N–H and O–H groups in total. The molecule has 0 aromatic carbocycles. The summed E-state index contributed by atoms with van der Waals surface area (Å²) in [5, 5.41) is 8.98. The summed E-state index contributed by atoms with van der Waals surface area (Å²) in [6.07, 6.45) is -7.51. The molecule has 0 saturated heterocycles. The quantitative estimate of drug-likeness (QED) is 0.523. The van der Waals surface area contributed by atoms with Crippen LogP contribution in [-0.4, -0.2) is 55.1 Å². The zero-order valence-corrected chi connectivity index (χ0v) is 7.33. The molecule has 0 fully saturated rings. The Morgan fingerprint density at radius 2 is 2.21 bits per heavy atom. The Hall–Kier alpha value is -1.10. The van der Waals surface area contributed by atoms with Gasteiger partial charge in [-0.15, -0.1) is 0 Å². The standard InChI is InChI=1S/C9H17NO4/c1-7(11)14-8(5-9(12)13)6-10(2,3)4/h8H,5-6H2,1-4H3/p+1/t8-/m0/s1/i2D3,3D3,4D3,5D2,8D. The Bertz CT molecular complexity index is 528. The Labute approximate surface area is 101 Å². The molecular formula is C9H18NO4+.